The molecule has 0 amide bonds. The first-order valence-electron chi connectivity index (χ1n) is 10.1. The molecule has 1 aromatic heterocycles. The lowest BCUT2D eigenvalue weighted by Crippen LogP contribution is -2.09. The van der Waals surface area contributed by atoms with Gasteiger partial charge in [0.15, 0.2) is 11.0 Å². The molecule has 3 aromatic carbocycles. The lowest BCUT2D eigenvalue weighted by Gasteiger charge is -2.15. The lowest BCUT2D eigenvalue weighted by atomic mass is 10.1. The third-order valence-corrected chi connectivity index (χ3v) is 5.75. The van der Waals surface area contributed by atoms with E-state index in [1.54, 1.807) is 7.11 Å². The largest absolute Gasteiger partial charge is 0.495 e. The average Bonchev–Trinajstić information content (AvgIpc) is 3.25. The molecule has 0 aliphatic rings. The van der Waals surface area contributed by atoms with Crippen molar-refractivity contribution in [2.45, 2.75) is 23.9 Å². The molecule has 7 heteroatoms. The van der Waals surface area contributed by atoms with Crippen LogP contribution in [0.2, 0.25) is 0 Å². The maximum Gasteiger partial charge on any atom is 0.197 e. The van der Waals surface area contributed by atoms with Gasteiger partial charge in [-0.15, -0.1) is 10.2 Å². The van der Waals surface area contributed by atoms with Gasteiger partial charge >= 0.3 is 0 Å². The van der Waals surface area contributed by atoms with Gasteiger partial charge in [0, 0.05) is 5.56 Å². The molecule has 0 saturated carbocycles. The minimum absolute atomic E-state index is 0.205. The Bertz CT molecular complexity index is 1230. The number of hydrogen-bond donors (Lipinski definition) is 0. The number of para-hydroxylation sites is 3. The van der Waals surface area contributed by atoms with Crippen molar-refractivity contribution in [1.82, 2.24) is 14.8 Å². The minimum atomic E-state index is -0.278. The summed E-state index contributed by atoms with van der Waals surface area (Å²) < 4.78 is 13.7. The summed E-state index contributed by atoms with van der Waals surface area (Å²) in [7, 11) is 1.63. The molecule has 1 heterocycles. The highest BCUT2D eigenvalue weighted by Gasteiger charge is 2.20. The van der Waals surface area contributed by atoms with E-state index in [1.165, 1.54) is 11.8 Å². The number of rotatable bonds is 8. The van der Waals surface area contributed by atoms with Crippen LogP contribution in [0.1, 0.15) is 12.7 Å². The Balaban J connectivity index is 1.69. The molecule has 1 atom stereocenters. The van der Waals surface area contributed by atoms with Crippen molar-refractivity contribution in [3.8, 4) is 34.4 Å². The van der Waals surface area contributed by atoms with Crippen LogP contribution in [0.15, 0.2) is 84.0 Å². The average molecular weight is 443 g/mol. The summed E-state index contributed by atoms with van der Waals surface area (Å²) in [6.45, 7) is 2.04. The van der Waals surface area contributed by atoms with Crippen molar-refractivity contribution in [2.75, 3.05) is 7.11 Å². The Hall–Kier alpha value is -3.76. The van der Waals surface area contributed by atoms with E-state index in [0.29, 0.717) is 16.7 Å². The van der Waals surface area contributed by atoms with E-state index in [9.17, 15) is 5.26 Å². The first-order valence-corrected chi connectivity index (χ1v) is 11.0. The van der Waals surface area contributed by atoms with Gasteiger partial charge in [-0.2, -0.15) is 5.26 Å². The van der Waals surface area contributed by atoms with Crippen molar-refractivity contribution >= 4 is 11.8 Å². The molecule has 4 rings (SSSR count). The van der Waals surface area contributed by atoms with E-state index in [4.69, 9.17) is 9.47 Å². The Morgan fingerprint density at radius 1 is 0.938 bits per heavy atom. The second-order valence-corrected chi connectivity index (χ2v) is 8.25. The number of benzene rings is 3. The van der Waals surface area contributed by atoms with Gasteiger partial charge in [-0.3, -0.25) is 4.57 Å². The van der Waals surface area contributed by atoms with Crippen molar-refractivity contribution in [3.63, 3.8) is 0 Å². The molecule has 32 heavy (non-hydrogen) atoms. The Kier molecular flexibility index (Phi) is 6.73. The normalized spacial score (nSPS) is 11.5. The lowest BCUT2D eigenvalue weighted by molar-refractivity contribution is 0.293. The van der Waals surface area contributed by atoms with Crippen LogP contribution >= 0.6 is 11.8 Å². The molecule has 160 valence electrons. The summed E-state index contributed by atoms with van der Waals surface area (Å²) in [5, 5.41) is 18.3. The predicted octanol–water partition coefficient (Wildman–Crippen LogP) is 5.53. The highest BCUT2D eigenvalue weighted by Crippen LogP contribution is 2.33. The summed E-state index contributed by atoms with van der Waals surface area (Å²) in [4.78, 5) is 0. The quantitative estimate of drug-likeness (QED) is 0.334. The van der Waals surface area contributed by atoms with Crippen molar-refractivity contribution < 1.29 is 9.47 Å². The monoisotopic (exact) mass is 442 g/mol. The maximum absolute atomic E-state index is 9.28. The SMILES string of the molecule is COc1ccccc1-n1c(COc2ccccc2-c2ccccc2)nnc1S[C@@H](C)C#N. The summed E-state index contributed by atoms with van der Waals surface area (Å²) >= 11 is 1.34. The summed E-state index contributed by atoms with van der Waals surface area (Å²) in [5.74, 6) is 2.06. The number of methoxy groups -OCH3 is 1. The van der Waals surface area contributed by atoms with Gasteiger partial charge in [0.05, 0.1) is 24.1 Å². The number of nitriles is 1. The predicted molar refractivity (Wildman–Crippen MR) is 125 cm³/mol. The molecule has 6 nitrogen and oxygen atoms in total. The van der Waals surface area contributed by atoms with Crippen LogP contribution < -0.4 is 9.47 Å². The van der Waals surface area contributed by atoms with Gasteiger partial charge in [0.2, 0.25) is 0 Å². The highest BCUT2D eigenvalue weighted by molar-refractivity contribution is 8.00. The Labute approximate surface area is 191 Å². The van der Waals surface area contributed by atoms with Crippen molar-refractivity contribution in [1.29, 1.82) is 5.26 Å². The van der Waals surface area contributed by atoms with Crippen molar-refractivity contribution in [3.05, 3.63) is 84.7 Å². The fourth-order valence-corrected chi connectivity index (χ4v) is 4.07. The number of thioether (sulfide) groups is 1. The zero-order valence-electron chi connectivity index (χ0n) is 17.8. The highest BCUT2D eigenvalue weighted by atomic mass is 32.2. The van der Waals surface area contributed by atoms with Crippen LogP contribution in [0.25, 0.3) is 16.8 Å². The van der Waals surface area contributed by atoms with E-state index in [0.717, 1.165) is 22.6 Å². The van der Waals surface area contributed by atoms with E-state index in [2.05, 4.69) is 28.4 Å². The molecule has 0 saturated heterocycles. The van der Waals surface area contributed by atoms with E-state index < -0.39 is 0 Å². The maximum atomic E-state index is 9.28. The Morgan fingerprint density at radius 2 is 1.62 bits per heavy atom. The molecule has 4 aromatic rings. The molecular formula is C25H22N4O2S. The zero-order valence-corrected chi connectivity index (χ0v) is 18.6. The van der Waals surface area contributed by atoms with Crippen LogP contribution in [0.4, 0.5) is 0 Å². The number of nitrogens with zero attached hydrogens (tertiary/aromatic N) is 4. The van der Waals surface area contributed by atoms with E-state index in [-0.39, 0.29) is 11.9 Å². The van der Waals surface area contributed by atoms with Gasteiger partial charge in [0.25, 0.3) is 0 Å². The van der Waals surface area contributed by atoms with Crippen LogP contribution in [0, 0.1) is 11.3 Å². The van der Waals surface area contributed by atoms with Gasteiger partial charge in [0.1, 0.15) is 18.1 Å². The topological polar surface area (TPSA) is 73.0 Å². The molecule has 0 aliphatic heterocycles. The fraction of sp³-hybridized carbons (Fsp3) is 0.160. The van der Waals surface area contributed by atoms with Crippen LogP contribution in [-0.4, -0.2) is 27.1 Å². The molecule has 0 aliphatic carbocycles. The Morgan fingerprint density at radius 3 is 2.38 bits per heavy atom. The van der Waals surface area contributed by atoms with Gasteiger partial charge in [-0.25, -0.2) is 0 Å². The second kappa shape index (κ2) is 10.0. The molecule has 0 radical (unpaired) electrons. The second-order valence-electron chi connectivity index (χ2n) is 6.95. The molecule has 0 unspecified atom stereocenters. The summed E-state index contributed by atoms with van der Waals surface area (Å²) in [5.41, 5.74) is 2.88. The molecule has 0 spiro atoms. The third kappa shape index (κ3) is 4.61. The molecule has 0 bridgehead atoms. The number of ether oxygens (including phenoxy) is 2. The standard InChI is InChI=1S/C25H22N4O2S/c1-18(16-26)32-25-28-27-24(29(25)21-13-7-9-15-23(21)30-2)17-31-22-14-8-6-12-20(22)19-10-4-3-5-11-19/h3-15,18H,17H2,1-2H3/t18-/m0/s1. The third-order valence-electron chi connectivity index (χ3n) is 4.82. The van der Waals surface area contributed by atoms with Crippen LogP contribution in [-0.2, 0) is 6.61 Å². The van der Waals surface area contributed by atoms with E-state index >= 15 is 0 Å². The zero-order chi connectivity index (χ0) is 22.3. The van der Waals surface area contributed by atoms with Crippen molar-refractivity contribution in [2.24, 2.45) is 0 Å². The van der Waals surface area contributed by atoms with Gasteiger partial charge < -0.3 is 9.47 Å². The first-order chi connectivity index (χ1) is 15.7. The van der Waals surface area contributed by atoms with Gasteiger partial charge in [-0.1, -0.05) is 72.4 Å². The summed E-state index contributed by atoms with van der Waals surface area (Å²) in [6, 6.07) is 27.9. The molecular weight excluding hydrogens is 420 g/mol. The van der Waals surface area contributed by atoms with Crippen LogP contribution in [0.5, 0.6) is 11.5 Å². The van der Waals surface area contributed by atoms with Crippen LogP contribution in [0.3, 0.4) is 0 Å². The fourth-order valence-electron chi connectivity index (χ4n) is 3.30. The first kappa shape index (κ1) is 21.5. The molecule has 0 N–H and O–H groups in total. The number of hydrogen-bond acceptors (Lipinski definition) is 6. The number of aromatic nitrogens is 3. The van der Waals surface area contributed by atoms with Gasteiger partial charge in [-0.05, 0) is 30.7 Å². The smallest absolute Gasteiger partial charge is 0.197 e. The molecule has 0 fully saturated rings. The van der Waals surface area contributed by atoms with E-state index in [1.807, 2.05) is 78.2 Å². The minimum Gasteiger partial charge on any atom is -0.495 e. The summed E-state index contributed by atoms with van der Waals surface area (Å²) in [6.07, 6.45) is 0.